The Bertz CT molecular complexity index is 1370. The quantitative estimate of drug-likeness (QED) is 0.429. The standard InChI is InChI=1S/C32H37NO7/c1-18-29(32(35)40-22-8-6-7-9-22)30(20-11-13-26(37-3)28(17-20)39-5)31-23(33-18)14-21(15-24(31)34)19-10-12-25(36-2)27(16-19)38-4/h10-13,16-17,21-22,30,33H,6-9,14-15H2,1-5H3. The highest BCUT2D eigenvalue weighted by Crippen LogP contribution is 2.48. The predicted molar refractivity (Wildman–Crippen MR) is 150 cm³/mol. The SMILES string of the molecule is COc1ccc(C2CC(=O)C3=C(C2)NC(C)=C(C(=O)OC2CCCC2)C3c2ccc(OC)c(OC)c2)cc1OC. The van der Waals surface area contributed by atoms with Crippen molar-refractivity contribution in [2.24, 2.45) is 0 Å². The molecule has 0 spiro atoms. The van der Waals surface area contributed by atoms with E-state index in [1.54, 1.807) is 28.4 Å². The summed E-state index contributed by atoms with van der Waals surface area (Å²) in [6, 6.07) is 11.3. The molecule has 2 aromatic carbocycles. The Hall–Kier alpha value is -3.94. The van der Waals surface area contributed by atoms with Crippen LogP contribution in [0.15, 0.2) is 58.9 Å². The van der Waals surface area contributed by atoms with Gasteiger partial charge in [0.25, 0.3) is 0 Å². The van der Waals surface area contributed by atoms with Crippen LogP contribution < -0.4 is 24.3 Å². The fraction of sp³-hybridized carbons (Fsp3) is 0.438. The maximum atomic E-state index is 14.0. The first-order valence-electron chi connectivity index (χ1n) is 13.8. The van der Waals surface area contributed by atoms with E-state index in [2.05, 4.69) is 5.32 Å². The zero-order valence-corrected chi connectivity index (χ0v) is 23.8. The van der Waals surface area contributed by atoms with Crippen LogP contribution in [0, 0.1) is 0 Å². The maximum absolute atomic E-state index is 14.0. The van der Waals surface area contributed by atoms with Crippen molar-refractivity contribution in [1.29, 1.82) is 0 Å². The lowest BCUT2D eigenvalue weighted by Gasteiger charge is -2.37. The molecule has 1 N–H and O–H groups in total. The predicted octanol–water partition coefficient (Wildman–Crippen LogP) is 5.57. The minimum Gasteiger partial charge on any atom is -0.493 e. The number of allylic oxidation sites excluding steroid dienone is 3. The molecule has 1 aliphatic heterocycles. The van der Waals surface area contributed by atoms with E-state index >= 15 is 0 Å². The minimum atomic E-state index is -0.580. The molecule has 1 fully saturated rings. The second kappa shape index (κ2) is 11.7. The lowest BCUT2D eigenvalue weighted by molar-refractivity contribution is -0.144. The second-order valence-corrected chi connectivity index (χ2v) is 10.6. The topological polar surface area (TPSA) is 92.3 Å². The van der Waals surface area contributed by atoms with Crippen LogP contribution in [0.5, 0.6) is 23.0 Å². The molecule has 3 aliphatic rings. The van der Waals surface area contributed by atoms with Gasteiger partial charge in [-0.25, -0.2) is 4.79 Å². The van der Waals surface area contributed by atoms with Gasteiger partial charge < -0.3 is 29.0 Å². The number of methoxy groups -OCH3 is 4. The number of ether oxygens (including phenoxy) is 5. The van der Waals surface area contributed by atoms with Crippen LogP contribution in [-0.4, -0.2) is 46.3 Å². The lowest BCUT2D eigenvalue weighted by Crippen LogP contribution is -2.36. The number of dihydropyridines is 1. The first-order valence-corrected chi connectivity index (χ1v) is 13.8. The average Bonchev–Trinajstić information content (AvgIpc) is 3.48. The molecule has 1 heterocycles. The molecule has 2 unspecified atom stereocenters. The third-order valence-corrected chi connectivity index (χ3v) is 8.24. The van der Waals surface area contributed by atoms with E-state index in [-0.39, 0.29) is 23.8 Å². The molecule has 2 atom stereocenters. The second-order valence-electron chi connectivity index (χ2n) is 10.6. The molecule has 0 radical (unpaired) electrons. The zero-order chi connectivity index (χ0) is 28.4. The van der Waals surface area contributed by atoms with E-state index in [1.807, 2.05) is 43.3 Å². The van der Waals surface area contributed by atoms with Gasteiger partial charge in [-0.2, -0.15) is 0 Å². The average molecular weight is 548 g/mol. The highest BCUT2D eigenvalue weighted by atomic mass is 16.5. The molecule has 2 aliphatic carbocycles. The van der Waals surface area contributed by atoms with Gasteiger partial charge in [0.1, 0.15) is 6.10 Å². The molecule has 212 valence electrons. The Morgan fingerprint density at radius 1 is 0.800 bits per heavy atom. The number of hydrogen-bond acceptors (Lipinski definition) is 8. The highest BCUT2D eigenvalue weighted by Gasteiger charge is 2.42. The van der Waals surface area contributed by atoms with Gasteiger partial charge >= 0.3 is 5.97 Å². The summed E-state index contributed by atoms with van der Waals surface area (Å²) in [4.78, 5) is 27.7. The molecule has 8 heteroatoms. The Morgan fingerprint density at radius 3 is 1.98 bits per heavy atom. The molecular weight excluding hydrogens is 510 g/mol. The molecule has 1 saturated carbocycles. The van der Waals surface area contributed by atoms with Crippen molar-refractivity contribution >= 4 is 11.8 Å². The Balaban J connectivity index is 1.56. The number of rotatable bonds is 8. The maximum Gasteiger partial charge on any atom is 0.337 e. The molecule has 8 nitrogen and oxygen atoms in total. The van der Waals surface area contributed by atoms with Crippen molar-refractivity contribution in [3.05, 3.63) is 70.1 Å². The van der Waals surface area contributed by atoms with E-state index in [9.17, 15) is 9.59 Å². The van der Waals surface area contributed by atoms with Gasteiger partial charge in [0.05, 0.1) is 34.0 Å². The Kier molecular flexibility index (Phi) is 8.05. The number of esters is 1. The molecule has 0 aromatic heterocycles. The van der Waals surface area contributed by atoms with Gasteiger partial charge in [0.2, 0.25) is 0 Å². The summed E-state index contributed by atoms with van der Waals surface area (Å²) in [5, 5.41) is 3.43. The minimum absolute atomic E-state index is 0.00742. The van der Waals surface area contributed by atoms with Crippen molar-refractivity contribution < 1.29 is 33.3 Å². The highest BCUT2D eigenvalue weighted by molar-refractivity contribution is 6.04. The van der Waals surface area contributed by atoms with E-state index in [1.165, 1.54) is 0 Å². The third-order valence-electron chi connectivity index (χ3n) is 8.24. The van der Waals surface area contributed by atoms with Crippen molar-refractivity contribution in [2.45, 2.75) is 63.4 Å². The number of Topliss-reactive ketones (excluding diaryl/α,β-unsaturated/α-hetero) is 1. The third kappa shape index (κ3) is 5.15. The molecule has 5 rings (SSSR count). The molecule has 0 amide bonds. The number of benzene rings is 2. The van der Waals surface area contributed by atoms with Gasteiger partial charge in [-0.05, 0) is 80.3 Å². The number of carbonyl (C=O) groups is 2. The summed E-state index contributed by atoms with van der Waals surface area (Å²) in [6.07, 6.45) is 4.67. The first-order chi connectivity index (χ1) is 19.4. The van der Waals surface area contributed by atoms with Crippen LogP contribution in [0.2, 0.25) is 0 Å². The zero-order valence-electron chi connectivity index (χ0n) is 23.8. The van der Waals surface area contributed by atoms with E-state index in [0.29, 0.717) is 52.7 Å². The van der Waals surface area contributed by atoms with Crippen molar-refractivity contribution in [2.75, 3.05) is 28.4 Å². The number of hydrogen-bond donors (Lipinski definition) is 1. The van der Waals surface area contributed by atoms with Crippen LogP contribution >= 0.6 is 0 Å². The summed E-state index contributed by atoms with van der Waals surface area (Å²) in [7, 11) is 6.36. The molecule has 40 heavy (non-hydrogen) atoms. The van der Waals surface area contributed by atoms with Gasteiger partial charge in [0.15, 0.2) is 28.8 Å². The van der Waals surface area contributed by atoms with Crippen molar-refractivity contribution in [1.82, 2.24) is 5.32 Å². The van der Waals surface area contributed by atoms with Crippen LogP contribution in [0.3, 0.4) is 0 Å². The summed E-state index contributed by atoms with van der Waals surface area (Å²) in [6.45, 7) is 1.88. The van der Waals surface area contributed by atoms with Crippen molar-refractivity contribution in [3.8, 4) is 23.0 Å². The normalized spacial score (nSPS) is 21.1. The molecular formula is C32H37NO7. The monoisotopic (exact) mass is 547 g/mol. The fourth-order valence-electron chi connectivity index (χ4n) is 6.24. The van der Waals surface area contributed by atoms with E-state index in [4.69, 9.17) is 23.7 Å². The Morgan fingerprint density at radius 2 is 1.38 bits per heavy atom. The van der Waals surface area contributed by atoms with Gasteiger partial charge in [-0.3, -0.25) is 4.79 Å². The van der Waals surface area contributed by atoms with Gasteiger partial charge in [0, 0.05) is 29.3 Å². The molecule has 0 bridgehead atoms. The van der Waals surface area contributed by atoms with Crippen LogP contribution in [0.25, 0.3) is 0 Å². The van der Waals surface area contributed by atoms with Crippen LogP contribution in [-0.2, 0) is 14.3 Å². The van der Waals surface area contributed by atoms with Crippen LogP contribution in [0.4, 0.5) is 0 Å². The smallest absolute Gasteiger partial charge is 0.337 e. The first kappa shape index (κ1) is 27.6. The number of carbonyl (C=O) groups excluding carboxylic acids is 2. The van der Waals surface area contributed by atoms with E-state index in [0.717, 1.165) is 42.5 Å². The fourth-order valence-corrected chi connectivity index (χ4v) is 6.24. The van der Waals surface area contributed by atoms with Gasteiger partial charge in [-0.15, -0.1) is 0 Å². The number of ketones is 1. The molecule has 0 saturated heterocycles. The summed E-state index contributed by atoms with van der Waals surface area (Å²) in [5.74, 6) is 1.36. The summed E-state index contributed by atoms with van der Waals surface area (Å²) < 4.78 is 27.9. The van der Waals surface area contributed by atoms with Gasteiger partial charge in [-0.1, -0.05) is 12.1 Å². The largest absolute Gasteiger partial charge is 0.493 e. The number of nitrogens with one attached hydrogen (secondary N) is 1. The van der Waals surface area contributed by atoms with E-state index < -0.39 is 5.92 Å². The summed E-state index contributed by atoms with van der Waals surface area (Å²) >= 11 is 0. The molecule has 2 aromatic rings. The lowest BCUT2D eigenvalue weighted by atomic mass is 9.71. The van der Waals surface area contributed by atoms with Crippen molar-refractivity contribution in [3.63, 3.8) is 0 Å². The Labute approximate surface area is 235 Å². The van der Waals surface area contributed by atoms with Crippen LogP contribution in [0.1, 0.15) is 68.4 Å². The summed E-state index contributed by atoms with van der Waals surface area (Å²) in [5.41, 5.74) is 4.37.